The molecule has 1 aliphatic rings. The van der Waals surface area contributed by atoms with E-state index < -0.39 is 0 Å². The summed E-state index contributed by atoms with van der Waals surface area (Å²) in [5.74, 6) is 4.73. The van der Waals surface area contributed by atoms with Crippen LogP contribution < -0.4 is 0 Å². The van der Waals surface area contributed by atoms with Crippen LogP contribution in [0.3, 0.4) is 0 Å². The second-order valence-electron chi connectivity index (χ2n) is 9.06. The summed E-state index contributed by atoms with van der Waals surface area (Å²) >= 11 is 0. The van der Waals surface area contributed by atoms with Gasteiger partial charge in [-0.1, -0.05) is 99.8 Å². The molecule has 0 aliphatic heterocycles. The minimum absolute atomic E-state index is 0.537. The van der Waals surface area contributed by atoms with Crippen molar-refractivity contribution in [1.82, 2.24) is 0 Å². The van der Waals surface area contributed by atoms with Crippen LogP contribution in [0, 0.1) is 35.0 Å². The van der Waals surface area contributed by atoms with E-state index in [-0.39, 0.29) is 0 Å². The Bertz CT molecular complexity index is 290. The number of unbranched alkanes of at least 4 members (excludes halogenated alkanes) is 4. The molecule has 0 heterocycles. The Morgan fingerprint density at radius 3 is 1.95 bits per heavy atom. The minimum Gasteiger partial charge on any atom is -0.0654 e. The van der Waals surface area contributed by atoms with Crippen molar-refractivity contribution < 1.29 is 0 Å². The molecule has 5 unspecified atom stereocenters. The molecule has 1 saturated carbocycles. The Labute approximate surface area is 141 Å². The highest BCUT2D eigenvalue weighted by Crippen LogP contribution is 2.59. The molecule has 0 saturated heterocycles. The zero-order valence-corrected chi connectivity index (χ0v) is 16.8. The standard InChI is InChI=1S/C22H44/c1-8-10-12-14-17(3)19(5)22(6,7)21-16-20(21)18(4)15-13-11-9-2/h17-21H,8-16H2,1-7H3. The van der Waals surface area contributed by atoms with Gasteiger partial charge in [-0.25, -0.2) is 0 Å². The SMILES string of the molecule is CCCCCC(C)C1CC1C(C)(C)C(C)C(C)CCCCC. The molecule has 0 aromatic carbocycles. The van der Waals surface area contributed by atoms with Crippen molar-refractivity contribution >= 4 is 0 Å². The van der Waals surface area contributed by atoms with Crippen molar-refractivity contribution in [3.05, 3.63) is 0 Å². The second kappa shape index (κ2) is 9.33. The summed E-state index contributed by atoms with van der Waals surface area (Å²) < 4.78 is 0. The van der Waals surface area contributed by atoms with Gasteiger partial charge in [0.2, 0.25) is 0 Å². The Morgan fingerprint density at radius 2 is 1.41 bits per heavy atom. The van der Waals surface area contributed by atoms with E-state index in [1.54, 1.807) is 0 Å². The van der Waals surface area contributed by atoms with E-state index in [2.05, 4.69) is 48.5 Å². The molecule has 1 fully saturated rings. The van der Waals surface area contributed by atoms with Crippen LogP contribution in [0.25, 0.3) is 0 Å². The van der Waals surface area contributed by atoms with Gasteiger partial charge >= 0.3 is 0 Å². The van der Waals surface area contributed by atoms with Gasteiger partial charge in [0.25, 0.3) is 0 Å². The molecule has 0 radical (unpaired) electrons. The minimum atomic E-state index is 0.537. The number of hydrogen-bond donors (Lipinski definition) is 0. The average molecular weight is 309 g/mol. The molecule has 0 nitrogen and oxygen atoms in total. The fraction of sp³-hybridized carbons (Fsp3) is 1.00. The first-order valence-corrected chi connectivity index (χ1v) is 10.4. The predicted octanol–water partition coefficient (Wildman–Crippen LogP) is 7.72. The van der Waals surface area contributed by atoms with E-state index in [0.29, 0.717) is 5.41 Å². The summed E-state index contributed by atoms with van der Waals surface area (Å²) in [6.07, 6.45) is 12.8. The molecule has 0 aromatic heterocycles. The van der Waals surface area contributed by atoms with Gasteiger partial charge in [0.05, 0.1) is 0 Å². The van der Waals surface area contributed by atoms with Crippen molar-refractivity contribution in [3.63, 3.8) is 0 Å². The molecule has 0 heteroatoms. The van der Waals surface area contributed by atoms with Crippen molar-refractivity contribution in [2.75, 3.05) is 0 Å². The van der Waals surface area contributed by atoms with Crippen LogP contribution in [0.15, 0.2) is 0 Å². The molecule has 132 valence electrons. The van der Waals surface area contributed by atoms with Crippen LogP contribution in [-0.4, -0.2) is 0 Å². The highest BCUT2D eigenvalue weighted by molar-refractivity contribution is 5.00. The third-order valence-corrected chi connectivity index (χ3v) is 7.08. The lowest BCUT2D eigenvalue weighted by Crippen LogP contribution is -2.30. The van der Waals surface area contributed by atoms with Gasteiger partial charge in [-0.3, -0.25) is 0 Å². The highest BCUT2D eigenvalue weighted by Gasteiger charge is 2.51. The zero-order chi connectivity index (χ0) is 16.8. The van der Waals surface area contributed by atoms with Crippen LogP contribution in [0.2, 0.25) is 0 Å². The van der Waals surface area contributed by atoms with Gasteiger partial charge in [0.1, 0.15) is 0 Å². The molecule has 1 aliphatic carbocycles. The maximum absolute atomic E-state index is 2.57. The molecule has 22 heavy (non-hydrogen) atoms. The average Bonchev–Trinajstić information content (AvgIpc) is 3.28. The molecule has 1 rings (SSSR count). The molecule has 0 spiro atoms. The summed E-state index contributed by atoms with van der Waals surface area (Å²) in [6, 6.07) is 0. The lowest BCUT2D eigenvalue weighted by molar-refractivity contribution is 0.116. The lowest BCUT2D eigenvalue weighted by Gasteiger charge is -2.37. The molecule has 0 N–H and O–H groups in total. The quantitative estimate of drug-likeness (QED) is 0.324. The summed E-state index contributed by atoms with van der Waals surface area (Å²) in [5.41, 5.74) is 0.537. The summed E-state index contributed by atoms with van der Waals surface area (Å²) in [7, 11) is 0. The molecule has 5 atom stereocenters. The van der Waals surface area contributed by atoms with Gasteiger partial charge in [-0.2, -0.15) is 0 Å². The van der Waals surface area contributed by atoms with Crippen LogP contribution in [0.1, 0.15) is 106 Å². The number of rotatable bonds is 12. The summed E-state index contributed by atoms with van der Waals surface area (Å²) in [6.45, 7) is 17.3. The van der Waals surface area contributed by atoms with Crippen LogP contribution in [-0.2, 0) is 0 Å². The van der Waals surface area contributed by atoms with E-state index in [1.807, 2.05) is 0 Å². The van der Waals surface area contributed by atoms with Crippen molar-refractivity contribution in [2.24, 2.45) is 35.0 Å². The fourth-order valence-electron chi connectivity index (χ4n) is 4.67. The first-order valence-electron chi connectivity index (χ1n) is 10.4. The topological polar surface area (TPSA) is 0 Å². The van der Waals surface area contributed by atoms with Crippen LogP contribution in [0.4, 0.5) is 0 Å². The van der Waals surface area contributed by atoms with E-state index in [9.17, 15) is 0 Å². The van der Waals surface area contributed by atoms with Gasteiger partial charge in [-0.05, 0) is 41.4 Å². The van der Waals surface area contributed by atoms with E-state index >= 15 is 0 Å². The predicted molar refractivity (Wildman–Crippen MR) is 101 cm³/mol. The fourth-order valence-corrected chi connectivity index (χ4v) is 4.67. The Hall–Kier alpha value is 0. The number of hydrogen-bond acceptors (Lipinski definition) is 0. The van der Waals surface area contributed by atoms with E-state index in [0.717, 1.165) is 29.6 Å². The Balaban J connectivity index is 2.42. The normalized spacial score (nSPS) is 25.8. The van der Waals surface area contributed by atoms with Gasteiger partial charge in [-0.15, -0.1) is 0 Å². The lowest BCUT2D eigenvalue weighted by atomic mass is 9.68. The van der Waals surface area contributed by atoms with Crippen molar-refractivity contribution in [3.8, 4) is 0 Å². The maximum Gasteiger partial charge on any atom is -0.0295 e. The Kier molecular flexibility index (Phi) is 8.50. The van der Waals surface area contributed by atoms with Crippen molar-refractivity contribution in [1.29, 1.82) is 0 Å². The third-order valence-electron chi connectivity index (χ3n) is 7.08. The van der Waals surface area contributed by atoms with E-state index in [1.165, 1.54) is 57.8 Å². The third kappa shape index (κ3) is 5.57. The van der Waals surface area contributed by atoms with Gasteiger partial charge in [0.15, 0.2) is 0 Å². The molecule has 0 bridgehead atoms. The monoisotopic (exact) mass is 308 g/mol. The summed E-state index contributed by atoms with van der Waals surface area (Å²) in [4.78, 5) is 0. The molecule has 0 amide bonds. The van der Waals surface area contributed by atoms with Gasteiger partial charge < -0.3 is 0 Å². The molecular weight excluding hydrogens is 264 g/mol. The Morgan fingerprint density at radius 1 is 0.864 bits per heavy atom. The maximum atomic E-state index is 2.57. The zero-order valence-electron chi connectivity index (χ0n) is 16.8. The second-order valence-corrected chi connectivity index (χ2v) is 9.06. The largest absolute Gasteiger partial charge is 0.0654 e. The molecule has 0 aromatic rings. The smallest absolute Gasteiger partial charge is 0.0295 e. The highest BCUT2D eigenvalue weighted by atomic mass is 14.6. The van der Waals surface area contributed by atoms with Crippen LogP contribution >= 0.6 is 0 Å². The van der Waals surface area contributed by atoms with Crippen LogP contribution in [0.5, 0.6) is 0 Å². The first kappa shape index (κ1) is 20.0. The summed E-state index contributed by atoms with van der Waals surface area (Å²) in [5, 5.41) is 0. The first-order chi connectivity index (χ1) is 10.4. The van der Waals surface area contributed by atoms with Gasteiger partial charge in [0, 0.05) is 0 Å². The molecular formula is C22H44. The van der Waals surface area contributed by atoms with E-state index in [4.69, 9.17) is 0 Å². The van der Waals surface area contributed by atoms with Crippen molar-refractivity contribution in [2.45, 2.75) is 106 Å².